The molecule has 0 unspecified atom stereocenters. The predicted octanol–water partition coefficient (Wildman–Crippen LogP) is 2.91. The van der Waals surface area contributed by atoms with Crippen molar-refractivity contribution in [3.05, 3.63) is 22.4 Å². The molecule has 0 atom stereocenters. The fraction of sp³-hybridized carbons (Fsp3) is 0.583. The third-order valence-electron chi connectivity index (χ3n) is 3.09. The van der Waals surface area contributed by atoms with Crippen molar-refractivity contribution in [2.24, 2.45) is 5.92 Å². The smallest absolute Gasteiger partial charge is 0.306 e. The Labute approximate surface area is 99.1 Å². The number of thiophene rings is 1. The van der Waals surface area contributed by atoms with Crippen molar-refractivity contribution in [1.82, 2.24) is 0 Å². The van der Waals surface area contributed by atoms with Gasteiger partial charge in [-0.3, -0.25) is 4.79 Å². The summed E-state index contributed by atoms with van der Waals surface area (Å²) in [6, 6.07) is 2.06. The van der Waals surface area contributed by atoms with Crippen LogP contribution in [0.2, 0.25) is 0 Å². The van der Waals surface area contributed by atoms with Gasteiger partial charge in [-0.05, 0) is 48.1 Å². The maximum Gasteiger partial charge on any atom is 0.306 e. The fourth-order valence-corrected chi connectivity index (χ4v) is 2.72. The maximum atomic E-state index is 10.8. The number of hydrogen-bond acceptors (Lipinski definition) is 3. The number of ether oxygens (including phenoxy) is 1. The number of aliphatic carboxylic acids is 1. The zero-order valence-electron chi connectivity index (χ0n) is 9.09. The van der Waals surface area contributed by atoms with Crippen LogP contribution in [0.15, 0.2) is 16.8 Å². The first-order valence-corrected chi connectivity index (χ1v) is 6.55. The topological polar surface area (TPSA) is 46.5 Å². The summed E-state index contributed by atoms with van der Waals surface area (Å²) in [6.07, 6.45) is 3.51. The van der Waals surface area contributed by atoms with E-state index in [1.165, 1.54) is 5.56 Å². The number of rotatable bonds is 4. The molecule has 1 aromatic rings. The minimum Gasteiger partial charge on any atom is -0.481 e. The molecule has 0 aliphatic heterocycles. The molecule has 0 radical (unpaired) electrons. The highest BCUT2D eigenvalue weighted by Gasteiger charge is 2.26. The van der Waals surface area contributed by atoms with Crippen molar-refractivity contribution in [1.29, 1.82) is 0 Å². The Morgan fingerprint density at radius 2 is 2.19 bits per heavy atom. The predicted molar refractivity (Wildman–Crippen MR) is 62.5 cm³/mol. The summed E-state index contributed by atoms with van der Waals surface area (Å²) in [5, 5.41) is 13.0. The zero-order valence-corrected chi connectivity index (χ0v) is 9.91. The van der Waals surface area contributed by atoms with E-state index in [0.717, 1.165) is 25.7 Å². The molecule has 2 rings (SSSR count). The first-order valence-electron chi connectivity index (χ1n) is 5.61. The van der Waals surface area contributed by atoms with Crippen LogP contribution in [-0.4, -0.2) is 17.2 Å². The number of carboxylic acid groups (broad SMARTS) is 1. The second-order valence-electron chi connectivity index (χ2n) is 4.25. The van der Waals surface area contributed by atoms with E-state index in [9.17, 15) is 4.79 Å². The van der Waals surface area contributed by atoms with Gasteiger partial charge in [0.05, 0.1) is 18.6 Å². The van der Waals surface area contributed by atoms with Gasteiger partial charge in [0, 0.05) is 0 Å². The van der Waals surface area contributed by atoms with Crippen LogP contribution in [0.4, 0.5) is 0 Å². The van der Waals surface area contributed by atoms with Crippen molar-refractivity contribution in [3.8, 4) is 0 Å². The monoisotopic (exact) mass is 240 g/mol. The molecule has 88 valence electrons. The van der Waals surface area contributed by atoms with Crippen LogP contribution >= 0.6 is 11.3 Å². The van der Waals surface area contributed by atoms with Crippen LogP contribution in [0.3, 0.4) is 0 Å². The van der Waals surface area contributed by atoms with E-state index in [-0.39, 0.29) is 12.0 Å². The van der Waals surface area contributed by atoms with E-state index in [1.807, 2.05) is 5.38 Å². The average molecular weight is 240 g/mol. The summed E-state index contributed by atoms with van der Waals surface area (Å²) in [4.78, 5) is 10.8. The normalized spacial score (nSPS) is 25.5. The Morgan fingerprint density at radius 1 is 1.44 bits per heavy atom. The Kier molecular flexibility index (Phi) is 3.96. The first-order chi connectivity index (χ1) is 7.75. The lowest BCUT2D eigenvalue weighted by Gasteiger charge is -2.26. The highest BCUT2D eigenvalue weighted by molar-refractivity contribution is 7.07. The minimum atomic E-state index is -0.656. The molecule has 4 heteroatoms. The zero-order chi connectivity index (χ0) is 11.4. The molecule has 1 fully saturated rings. The van der Waals surface area contributed by atoms with Crippen LogP contribution in [-0.2, 0) is 16.1 Å². The second kappa shape index (κ2) is 5.46. The van der Waals surface area contributed by atoms with Gasteiger partial charge in [0.15, 0.2) is 0 Å². The highest BCUT2D eigenvalue weighted by atomic mass is 32.1. The molecule has 0 aromatic carbocycles. The van der Waals surface area contributed by atoms with Crippen molar-refractivity contribution in [2.45, 2.75) is 38.4 Å². The van der Waals surface area contributed by atoms with Gasteiger partial charge in [-0.25, -0.2) is 0 Å². The van der Waals surface area contributed by atoms with Crippen molar-refractivity contribution >= 4 is 17.3 Å². The largest absolute Gasteiger partial charge is 0.481 e. The molecular weight excluding hydrogens is 224 g/mol. The van der Waals surface area contributed by atoms with E-state index in [2.05, 4.69) is 11.4 Å². The lowest BCUT2D eigenvalue weighted by molar-refractivity contribution is -0.143. The summed E-state index contributed by atoms with van der Waals surface area (Å²) >= 11 is 1.67. The van der Waals surface area contributed by atoms with Gasteiger partial charge in [0.1, 0.15) is 0 Å². The average Bonchev–Trinajstić information content (AvgIpc) is 2.80. The van der Waals surface area contributed by atoms with Crippen LogP contribution in [0.25, 0.3) is 0 Å². The van der Waals surface area contributed by atoms with Crippen LogP contribution in [0.1, 0.15) is 31.2 Å². The third kappa shape index (κ3) is 3.06. The summed E-state index contributed by atoms with van der Waals surface area (Å²) in [7, 11) is 0. The molecule has 1 N–H and O–H groups in total. The van der Waals surface area contributed by atoms with Gasteiger partial charge in [0.2, 0.25) is 0 Å². The quantitative estimate of drug-likeness (QED) is 0.880. The maximum absolute atomic E-state index is 10.8. The van der Waals surface area contributed by atoms with Gasteiger partial charge in [-0.1, -0.05) is 0 Å². The molecule has 1 aliphatic carbocycles. The lowest BCUT2D eigenvalue weighted by atomic mass is 9.87. The number of carboxylic acids is 1. The van der Waals surface area contributed by atoms with Gasteiger partial charge < -0.3 is 9.84 Å². The molecule has 1 heterocycles. The molecule has 0 bridgehead atoms. The molecule has 0 saturated heterocycles. The minimum absolute atomic E-state index is 0.152. The van der Waals surface area contributed by atoms with Crippen LogP contribution < -0.4 is 0 Å². The number of carbonyl (C=O) groups is 1. The van der Waals surface area contributed by atoms with Crippen LogP contribution in [0, 0.1) is 5.92 Å². The molecule has 1 aromatic heterocycles. The Balaban J connectivity index is 1.71. The number of hydrogen-bond donors (Lipinski definition) is 1. The van der Waals surface area contributed by atoms with Gasteiger partial charge in [0.25, 0.3) is 0 Å². The summed E-state index contributed by atoms with van der Waals surface area (Å²) in [5.74, 6) is -0.808. The summed E-state index contributed by atoms with van der Waals surface area (Å²) in [6.45, 7) is 0.659. The van der Waals surface area contributed by atoms with Gasteiger partial charge in [-0.2, -0.15) is 11.3 Å². The lowest BCUT2D eigenvalue weighted by Crippen LogP contribution is -2.25. The van der Waals surface area contributed by atoms with Crippen molar-refractivity contribution in [3.63, 3.8) is 0 Å². The Hall–Kier alpha value is -0.870. The Bertz CT molecular complexity index is 326. The first kappa shape index (κ1) is 11.6. The van der Waals surface area contributed by atoms with Crippen molar-refractivity contribution < 1.29 is 14.6 Å². The highest BCUT2D eigenvalue weighted by Crippen LogP contribution is 2.27. The molecule has 1 aliphatic rings. The van der Waals surface area contributed by atoms with E-state index < -0.39 is 5.97 Å². The molecule has 16 heavy (non-hydrogen) atoms. The van der Waals surface area contributed by atoms with E-state index in [0.29, 0.717) is 6.61 Å². The second-order valence-corrected chi connectivity index (χ2v) is 5.03. The molecule has 0 amide bonds. The summed E-state index contributed by atoms with van der Waals surface area (Å²) < 4.78 is 5.77. The standard InChI is InChI=1S/C12H16O3S/c13-12(14)10-1-3-11(4-2-10)15-7-9-5-6-16-8-9/h5-6,8,10-11H,1-4,7H2,(H,13,14). The summed E-state index contributed by atoms with van der Waals surface area (Å²) in [5.41, 5.74) is 1.21. The molecule has 3 nitrogen and oxygen atoms in total. The van der Waals surface area contributed by atoms with Crippen molar-refractivity contribution in [2.75, 3.05) is 0 Å². The van der Waals surface area contributed by atoms with E-state index in [1.54, 1.807) is 11.3 Å². The van der Waals surface area contributed by atoms with E-state index in [4.69, 9.17) is 9.84 Å². The molecule has 1 saturated carbocycles. The molecular formula is C12H16O3S. The van der Waals surface area contributed by atoms with Gasteiger partial charge >= 0.3 is 5.97 Å². The SMILES string of the molecule is O=C(O)C1CCC(OCc2ccsc2)CC1. The Morgan fingerprint density at radius 3 is 2.75 bits per heavy atom. The van der Waals surface area contributed by atoms with Gasteiger partial charge in [-0.15, -0.1) is 0 Å². The van der Waals surface area contributed by atoms with Crippen LogP contribution in [0.5, 0.6) is 0 Å². The molecule has 0 spiro atoms. The third-order valence-corrected chi connectivity index (χ3v) is 3.82. The fourth-order valence-electron chi connectivity index (χ4n) is 2.07. The van der Waals surface area contributed by atoms with E-state index >= 15 is 0 Å².